The second-order valence-electron chi connectivity index (χ2n) is 4.79. The van der Waals surface area contributed by atoms with Gasteiger partial charge in [0.05, 0.1) is 11.9 Å². The molecule has 0 fully saturated rings. The standard InChI is InChI=1S/C13H19BrN6O/c1-3-4-7-20-13(21)12(14)10(8-17-20)15-6-5-11-18-16-9-19(11)2/h8-9,15H,3-7H2,1-2H3. The van der Waals surface area contributed by atoms with Gasteiger partial charge in [0, 0.05) is 26.6 Å². The van der Waals surface area contributed by atoms with Gasteiger partial charge in [-0.15, -0.1) is 10.2 Å². The number of hydrogen-bond acceptors (Lipinski definition) is 5. The maximum Gasteiger partial charge on any atom is 0.283 e. The highest BCUT2D eigenvalue weighted by molar-refractivity contribution is 9.10. The van der Waals surface area contributed by atoms with Gasteiger partial charge in [-0.3, -0.25) is 4.79 Å². The van der Waals surface area contributed by atoms with Crippen molar-refractivity contribution in [3.63, 3.8) is 0 Å². The Morgan fingerprint density at radius 2 is 2.24 bits per heavy atom. The third-order valence-electron chi connectivity index (χ3n) is 3.18. The van der Waals surface area contributed by atoms with Gasteiger partial charge >= 0.3 is 0 Å². The predicted molar refractivity (Wildman–Crippen MR) is 84.3 cm³/mol. The number of nitrogens with one attached hydrogen (secondary N) is 1. The molecule has 0 atom stereocenters. The average Bonchev–Trinajstić information content (AvgIpc) is 2.88. The fourth-order valence-corrected chi connectivity index (χ4v) is 2.35. The van der Waals surface area contributed by atoms with Gasteiger partial charge in [-0.2, -0.15) is 5.10 Å². The molecule has 0 bridgehead atoms. The highest BCUT2D eigenvalue weighted by Crippen LogP contribution is 2.16. The van der Waals surface area contributed by atoms with Crippen LogP contribution >= 0.6 is 15.9 Å². The molecule has 21 heavy (non-hydrogen) atoms. The smallest absolute Gasteiger partial charge is 0.283 e. The van der Waals surface area contributed by atoms with Gasteiger partial charge in [-0.1, -0.05) is 13.3 Å². The topological polar surface area (TPSA) is 77.6 Å². The number of unbranched alkanes of at least 4 members (excludes halogenated alkanes) is 1. The van der Waals surface area contributed by atoms with Crippen molar-refractivity contribution >= 4 is 21.6 Å². The lowest BCUT2D eigenvalue weighted by atomic mass is 10.3. The Bertz CT molecular complexity index is 650. The zero-order valence-electron chi connectivity index (χ0n) is 12.2. The van der Waals surface area contributed by atoms with Gasteiger partial charge < -0.3 is 9.88 Å². The number of anilines is 1. The van der Waals surface area contributed by atoms with Crippen LogP contribution in [0.15, 0.2) is 21.8 Å². The molecule has 0 aliphatic carbocycles. The van der Waals surface area contributed by atoms with Crippen molar-refractivity contribution in [2.45, 2.75) is 32.7 Å². The third kappa shape index (κ3) is 3.90. The maximum atomic E-state index is 12.1. The Morgan fingerprint density at radius 1 is 1.43 bits per heavy atom. The van der Waals surface area contributed by atoms with E-state index in [1.807, 2.05) is 11.6 Å². The Balaban J connectivity index is 1.99. The minimum Gasteiger partial charge on any atom is -0.382 e. The largest absolute Gasteiger partial charge is 0.382 e. The number of aromatic nitrogens is 5. The molecule has 1 N–H and O–H groups in total. The molecule has 2 rings (SSSR count). The zero-order valence-corrected chi connectivity index (χ0v) is 13.8. The predicted octanol–water partition coefficient (Wildman–Crippen LogP) is 1.59. The van der Waals surface area contributed by atoms with Crippen molar-refractivity contribution < 1.29 is 0 Å². The van der Waals surface area contributed by atoms with E-state index in [1.54, 1.807) is 12.5 Å². The van der Waals surface area contributed by atoms with E-state index >= 15 is 0 Å². The second-order valence-corrected chi connectivity index (χ2v) is 5.58. The maximum absolute atomic E-state index is 12.1. The van der Waals surface area contributed by atoms with E-state index in [0.29, 0.717) is 23.2 Å². The SMILES string of the molecule is CCCCn1ncc(NCCc2nncn2C)c(Br)c1=O. The van der Waals surface area contributed by atoms with Crippen LogP contribution in [-0.2, 0) is 20.0 Å². The van der Waals surface area contributed by atoms with Gasteiger partial charge in [-0.05, 0) is 22.4 Å². The van der Waals surface area contributed by atoms with E-state index < -0.39 is 0 Å². The molecule has 0 spiro atoms. The molecular formula is C13H19BrN6O. The van der Waals surface area contributed by atoms with Crippen LogP contribution in [0.3, 0.4) is 0 Å². The van der Waals surface area contributed by atoms with Gasteiger partial charge in [0.25, 0.3) is 5.56 Å². The van der Waals surface area contributed by atoms with E-state index in [4.69, 9.17) is 0 Å². The lowest BCUT2D eigenvalue weighted by Gasteiger charge is -2.10. The molecule has 0 saturated heterocycles. The van der Waals surface area contributed by atoms with Crippen LogP contribution in [0.5, 0.6) is 0 Å². The molecule has 0 unspecified atom stereocenters. The first-order chi connectivity index (χ1) is 10.1. The van der Waals surface area contributed by atoms with Crippen molar-refractivity contribution in [1.29, 1.82) is 0 Å². The molecule has 0 saturated carbocycles. The number of nitrogens with zero attached hydrogens (tertiary/aromatic N) is 5. The summed E-state index contributed by atoms with van der Waals surface area (Å²) in [4.78, 5) is 12.1. The Kier molecular flexibility index (Phi) is 5.49. The molecule has 0 aromatic carbocycles. The summed E-state index contributed by atoms with van der Waals surface area (Å²) in [5.74, 6) is 0.892. The molecule has 7 nitrogen and oxygen atoms in total. The van der Waals surface area contributed by atoms with E-state index in [0.717, 1.165) is 25.1 Å². The number of hydrogen-bond donors (Lipinski definition) is 1. The van der Waals surface area contributed by atoms with Crippen LogP contribution < -0.4 is 10.9 Å². The van der Waals surface area contributed by atoms with Crippen molar-refractivity contribution in [1.82, 2.24) is 24.5 Å². The quantitative estimate of drug-likeness (QED) is 0.816. The summed E-state index contributed by atoms with van der Waals surface area (Å²) in [6.45, 7) is 3.39. The third-order valence-corrected chi connectivity index (χ3v) is 3.94. The lowest BCUT2D eigenvalue weighted by molar-refractivity contribution is 0.541. The molecule has 0 aliphatic heterocycles. The Labute approximate surface area is 131 Å². The van der Waals surface area contributed by atoms with Crippen LogP contribution in [-0.4, -0.2) is 31.1 Å². The summed E-state index contributed by atoms with van der Waals surface area (Å²) < 4.78 is 3.88. The molecule has 114 valence electrons. The highest BCUT2D eigenvalue weighted by atomic mass is 79.9. The van der Waals surface area contributed by atoms with Gasteiger partial charge in [0.15, 0.2) is 0 Å². The Morgan fingerprint density at radius 3 is 2.90 bits per heavy atom. The molecule has 8 heteroatoms. The van der Waals surface area contributed by atoms with Crippen LogP contribution in [0, 0.1) is 0 Å². The summed E-state index contributed by atoms with van der Waals surface area (Å²) in [7, 11) is 1.90. The molecular weight excluding hydrogens is 336 g/mol. The molecule has 2 aromatic rings. The van der Waals surface area contributed by atoms with Crippen LogP contribution in [0.4, 0.5) is 5.69 Å². The first kappa shape index (κ1) is 15.7. The zero-order chi connectivity index (χ0) is 15.2. The second kappa shape index (κ2) is 7.35. The average molecular weight is 355 g/mol. The van der Waals surface area contributed by atoms with E-state index in [9.17, 15) is 4.79 Å². The Hall–Kier alpha value is -1.70. The summed E-state index contributed by atoms with van der Waals surface area (Å²) in [5.41, 5.74) is 0.599. The van der Waals surface area contributed by atoms with E-state index in [1.165, 1.54) is 4.68 Å². The highest BCUT2D eigenvalue weighted by Gasteiger charge is 2.08. The minimum atomic E-state index is -0.105. The van der Waals surface area contributed by atoms with Gasteiger partial charge in [0.1, 0.15) is 16.6 Å². The molecule has 0 radical (unpaired) electrons. The van der Waals surface area contributed by atoms with E-state index in [2.05, 4.69) is 43.5 Å². The van der Waals surface area contributed by atoms with Crippen LogP contribution in [0.25, 0.3) is 0 Å². The summed E-state index contributed by atoms with van der Waals surface area (Å²) >= 11 is 3.35. The molecule has 0 aliphatic rings. The minimum absolute atomic E-state index is 0.105. The summed E-state index contributed by atoms with van der Waals surface area (Å²) in [5, 5.41) is 15.2. The number of rotatable bonds is 7. The van der Waals surface area contributed by atoms with Gasteiger partial charge in [0.2, 0.25) is 0 Å². The van der Waals surface area contributed by atoms with Crippen molar-refractivity contribution in [2.75, 3.05) is 11.9 Å². The molecule has 0 amide bonds. The monoisotopic (exact) mass is 354 g/mol. The first-order valence-corrected chi connectivity index (χ1v) is 7.75. The van der Waals surface area contributed by atoms with Crippen LogP contribution in [0.1, 0.15) is 25.6 Å². The number of halogens is 1. The number of aryl methyl sites for hydroxylation is 2. The van der Waals surface area contributed by atoms with Crippen LogP contribution in [0.2, 0.25) is 0 Å². The summed E-state index contributed by atoms with van der Waals surface area (Å²) in [6.07, 6.45) is 6.04. The lowest BCUT2D eigenvalue weighted by Crippen LogP contribution is -2.25. The molecule has 2 aromatic heterocycles. The van der Waals surface area contributed by atoms with E-state index in [-0.39, 0.29) is 5.56 Å². The van der Waals surface area contributed by atoms with Crippen molar-refractivity contribution in [3.8, 4) is 0 Å². The van der Waals surface area contributed by atoms with Crippen molar-refractivity contribution in [3.05, 3.63) is 33.2 Å². The fraction of sp³-hybridized carbons (Fsp3) is 0.538. The summed E-state index contributed by atoms with van der Waals surface area (Å²) in [6, 6.07) is 0. The van der Waals surface area contributed by atoms with Gasteiger partial charge in [-0.25, -0.2) is 4.68 Å². The first-order valence-electron chi connectivity index (χ1n) is 6.95. The van der Waals surface area contributed by atoms with Crippen molar-refractivity contribution in [2.24, 2.45) is 7.05 Å². The fourth-order valence-electron chi connectivity index (χ4n) is 1.90. The normalized spacial score (nSPS) is 10.8. The molecule has 2 heterocycles.